The van der Waals surface area contributed by atoms with Crippen LogP contribution in [0, 0.1) is 0 Å². The van der Waals surface area contributed by atoms with E-state index in [2.05, 4.69) is 0 Å². The first-order valence-corrected chi connectivity index (χ1v) is 12.8. The highest BCUT2D eigenvalue weighted by atomic mass is 19.4. The zero-order chi connectivity index (χ0) is 27.2. The highest BCUT2D eigenvalue weighted by Gasteiger charge is 2.39. The third-order valence-electron chi connectivity index (χ3n) is 7.79. The van der Waals surface area contributed by atoms with Gasteiger partial charge in [0.25, 0.3) is 5.56 Å². The molecule has 9 nitrogen and oxygen atoms in total. The normalized spacial score (nSPS) is 23.3. The molecule has 2 fully saturated rings. The van der Waals surface area contributed by atoms with Gasteiger partial charge in [0.05, 0.1) is 24.8 Å². The molecule has 1 saturated carbocycles. The Balaban J connectivity index is 1.55. The summed E-state index contributed by atoms with van der Waals surface area (Å²) in [6.07, 6.45) is -1.34. The van der Waals surface area contributed by atoms with Crippen LogP contribution in [-0.4, -0.2) is 51.9 Å². The van der Waals surface area contributed by atoms with Crippen LogP contribution in [0.15, 0.2) is 34.0 Å². The number of hydrogen-bond acceptors (Lipinski definition) is 6. The summed E-state index contributed by atoms with van der Waals surface area (Å²) in [5.41, 5.74) is -2.37. The van der Waals surface area contributed by atoms with Crippen LogP contribution < -0.4 is 11.2 Å². The van der Waals surface area contributed by atoms with E-state index in [9.17, 15) is 32.3 Å². The number of carbonyl (C=O) groups excluding carboxylic acids is 2. The number of alkyl halides is 3. The first-order valence-electron chi connectivity index (χ1n) is 12.8. The molecule has 0 N–H and O–H groups in total. The lowest BCUT2D eigenvalue weighted by Gasteiger charge is -2.34. The molecule has 1 saturated heterocycles. The Bertz CT molecular complexity index is 1370. The van der Waals surface area contributed by atoms with Gasteiger partial charge >= 0.3 is 23.9 Å². The Labute approximate surface area is 215 Å². The fraction of sp³-hybridized carbons (Fsp3) is 0.538. The molecule has 204 valence electrons. The summed E-state index contributed by atoms with van der Waals surface area (Å²) in [6, 6.07) is 2.42. The fourth-order valence-corrected chi connectivity index (χ4v) is 6.03. The standard InChI is InChI=1S/C26H28F3N3O6/c1-2-37-23(34)19-14-31(16-8-6-15(7-9-16)30-12-13-38-25(30)36)24(35)32(22(19)33)21-11-10-17-18(21)4-3-5-20(17)26(27,28)29/h3-5,14-16,21H,2,6-13H2,1H3/t15?,16?,21-/m0/s1. The molecule has 1 aromatic heterocycles. The number of halogens is 3. The maximum Gasteiger partial charge on any atom is 0.416 e. The van der Waals surface area contributed by atoms with Crippen LogP contribution in [0.5, 0.6) is 0 Å². The molecule has 1 aliphatic heterocycles. The van der Waals surface area contributed by atoms with Gasteiger partial charge < -0.3 is 14.4 Å². The molecule has 1 atom stereocenters. The molecule has 3 aliphatic rings. The maximum absolute atomic E-state index is 13.8. The van der Waals surface area contributed by atoms with Crippen LogP contribution in [0.4, 0.5) is 18.0 Å². The van der Waals surface area contributed by atoms with E-state index in [0.29, 0.717) is 38.8 Å². The number of cyclic esters (lactones) is 1. The average molecular weight is 536 g/mol. The van der Waals surface area contributed by atoms with Gasteiger partial charge in [-0.05, 0) is 62.6 Å². The largest absolute Gasteiger partial charge is 0.462 e. The number of hydrogen-bond donors (Lipinski definition) is 0. The SMILES string of the molecule is CCOC(=O)c1cn(C2CCC(N3CCOC3=O)CC2)c(=O)n([C@H]2CCc3c2cccc3C(F)(F)F)c1=O. The summed E-state index contributed by atoms with van der Waals surface area (Å²) in [5, 5.41) is 0. The van der Waals surface area contributed by atoms with Crippen molar-refractivity contribution in [2.45, 2.75) is 69.8 Å². The number of esters is 1. The quantitative estimate of drug-likeness (QED) is 0.542. The molecular formula is C26H28F3N3O6. The van der Waals surface area contributed by atoms with E-state index >= 15 is 0 Å². The first kappa shape index (κ1) is 26.1. The van der Waals surface area contributed by atoms with E-state index in [1.807, 2.05) is 0 Å². The smallest absolute Gasteiger partial charge is 0.416 e. The highest BCUT2D eigenvalue weighted by molar-refractivity contribution is 5.88. The van der Waals surface area contributed by atoms with Gasteiger partial charge in [0.15, 0.2) is 0 Å². The first-order chi connectivity index (χ1) is 18.1. The second kappa shape index (κ2) is 9.95. The van der Waals surface area contributed by atoms with Crippen LogP contribution in [0.25, 0.3) is 0 Å². The number of benzene rings is 1. The molecule has 1 amide bonds. The minimum atomic E-state index is -4.57. The summed E-state index contributed by atoms with van der Waals surface area (Å²) < 4.78 is 53.3. The molecule has 0 unspecified atom stereocenters. The maximum atomic E-state index is 13.8. The van der Waals surface area contributed by atoms with Crippen LogP contribution in [0.3, 0.4) is 0 Å². The van der Waals surface area contributed by atoms with Crippen LogP contribution in [0.1, 0.15) is 78.2 Å². The van der Waals surface area contributed by atoms with Crippen molar-refractivity contribution in [2.75, 3.05) is 19.8 Å². The number of carbonyl (C=O) groups is 2. The number of nitrogens with zero attached hydrogens (tertiary/aromatic N) is 3. The Morgan fingerprint density at radius 2 is 1.79 bits per heavy atom. The summed E-state index contributed by atoms with van der Waals surface area (Å²) in [7, 11) is 0. The third kappa shape index (κ3) is 4.49. The molecule has 2 heterocycles. The molecule has 38 heavy (non-hydrogen) atoms. The van der Waals surface area contributed by atoms with Gasteiger partial charge in [-0.15, -0.1) is 0 Å². The van der Waals surface area contributed by atoms with Gasteiger partial charge in [-0.1, -0.05) is 12.1 Å². The zero-order valence-corrected chi connectivity index (χ0v) is 20.8. The topological polar surface area (TPSA) is 99.8 Å². The van der Waals surface area contributed by atoms with Crippen molar-refractivity contribution in [3.8, 4) is 0 Å². The van der Waals surface area contributed by atoms with E-state index in [0.717, 1.165) is 10.6 Å². The van der Waals surface area contributed by atoms with Crippen molar-refractivity contribution in [2.24, 2.45) is 0 Å². The second-order valence-corrected chi connectivity index (χ2v) is 9.82. The van der Waals surface area contributed by atoms with Crippen molar-refractivity contribution in [1.29, 1.82) is 0 Å². The van der Waals surface area contributed by atoms with Crippen LogP contribution in [0.2, 0.25) is 0 Å². The molecule has 12 heteroatoms. The predicted octanol–water partition coefficient (Wildman–Crippen LogP) is 3.68. The van der Waals surface area contributed by atoms with E-state index in [1.54, 1.807) is 11.8 Å². The summed E-state index contributed by atoms with van der Waals surface area (Å²) in [6.45, 7) is 2.44. The molecule has 5 rings (SSSR count). The minimum Gasteiger partial charge on any atom is -0.462 e. The van der Waals surface area contributed by atoms with Crippen molar-refractivity contribution >= 4 is 12.1 Å². The van der Waals surface area contributed by atoms with Gasteiger partial charge in [-0.2, -0.15) is 13.2 Å². The van der Waals surface area contributed by atoms with Gasteiger partial charge in [-0.3, -0.25) is 13.9 Å². The third-order valence-corrected chi connectivity index (χ3v) is 7.79. The Morgan fingerprint density at radius 3 is 2.42 bits per heavy atom. The van der Waals surface area contributed by atoms with Crippen LogP contribution >= 0.6 is 0 Å². The fourth-order valence-electron chi connectivity index (χ4n) is 6.03. The zero-order valence-electron chi connectivity index (χ0n) is 20.8. The second-order valence-electron chi connectivity index (χ2n) is 9.82. The van der Waals surface area contributed by atoms with Gasteiger partial charge in [0.2, 0.25) is 0 Å². The molecule has 1 aromatic carbocycles. The molecule has 0 bridgehead atoms. The van der Waals surface area contributed by atoms with E-state index in [-0.39, 0.29) is 54.3 Å². The lowest BCUT2D eigenvalue weighted by Crippen LogP contribution is -2.47. The Kier molecular flexibility index (Phi) is 6.83. The average Bonchev–Trinajstić information content (AvgIpc) is 3.50. The van der Waals surface area contributed by atoms with Crippen molar-refractivity contribution < 1.29 is 32.2 Å². The van der Waals surface area contributed by atoms with Crippen molar-refractivity contribution in [1.82, 2.24) is 14.0 Å². The van der Waals surface area contributed by atoms with Crippen LogP contribution in [-0.2, 0) is 22.1 Å². The lowest BCUT2D eigenvalue weighted by atomic mass is 9.90. The highest BCUT2D eigenvalue weighted by Crippen LogP contribution is 2.41. The molecule has 2 aliphatic carbocycles. The van der Waals surface area contributed by atoms with Gasteiger partial charge in [0, 0.05) is 18.3 Å². The van der Waals surface area contributed by atoms with E-state index in [1.165, 1.54) is 22.9 Å². The lowest BCUT2D eigenvalue weighted by molar-refractivity contribution is -0.138. The van der Waals surface area contributed by atoms with Crippen molar-refractivity contribution in [3.63, 3.8) is 0 Å². The van der Waals surface area contributed by atoms with Crippen molar-refractivity contribution in [3.05, 3.63) is 67.5 Å². The molecular weight excluding hydrogens is 507 g/mol. The minimum absolute atomic E-state index is 0.00957. The number of amides is 1. The predicted molar refractivity (Wildman–Crippen MR) is 128 cm³/mol. The van der Waals surface area contributed by atoms with E-state index in [4.69, 9.17) is 9.47 Å². The molecule has 0 spiro atoms. The summed E-state index contributed by atoms with van der Waals surface area (Å²) >= 11 is 0. The van der Waals surface area contributed by atoms with Gasteiger partial charge in [0.1, 0.15) is 12.2 Å². The molecule has 2 aromatic rings. The number of ether oxygens (including phenoxy) is 2. The molecule has 0 radical (unpaired) electrons. The number of rotatable bonds is 5. The summed E-state index contributed by atoms with van der Waals surface area (Å²) in [4.78, 5) is 53.6. The Hall–Kier alpha value is -3.57. The Morgan fingerprint density at radius 1 is 1.08 bits per heavy atom. The van der Waals surface area contributed by atoms with E-state index < -0.39 is 35.0 Å². The number of fused-ring (bicyclic) bond motifs is 1. The monoisotopic (exact) mass is 535 g/mol. The summed E-state index contributed by atoms with van der Waals surface area (Å²) in [5.74, 6) is -0.893. The van der Waals surface area contributed by atoms with Gasteiger partial charge in [-0.25, -0.2) is 14.4 Å². The number of aromatic nitrogens is 2.